The van der Waals surface area contributed by atoms with Crippen LogP contribution >= 0.6 is 0 Å². The van der Waals surface area contributed by atoms with E-state index in [-0.39, 0.29) is 5.69 Å². The smallest absolute Gasteiger partial charge is 0.315 e. The zero-order valence-electron chi connectivity index (χ0n) is 9.98. The molecular weight excluding hydrogens is 202 g/mol. The van der Waals surface area contributed by atoms with Crippen molar-refractivity contribution in [1.29, 1.82) is 0 Å². The normalized spacial score (nSPS) is 17.1. The van der Waals surface area contributed by atoms with Crippen molar-refractivity contribution in [1.82, 2.24) is 14.5 Å². The Morgan fingerprint density at radius 2 is 2.12 bits per heavy atom. The van der Waals surface area contributed by atoms with Crippen LogP contribution in [0.25, 0.3) is 0 Å². The molecule has 1 aliphatic rings. The molecule has 16 heavy (non-hydrogen) atoms. The van der Waals surface area contributed by atoms with Gasteiger partial charge in [-0.25, -0.2) is 4.79 Å². The maximum atomic E-state index is 11.5. The van der Waals surface area contributed by atoms with Crippen LogP contribution in [0.3, 0.4) is 0 Å². The van der Waals surface area contributed by atoms with Crippen LogP contribution in [-0.4, -0.2) is 22.2 Å². The standard InChI is InChI=1S/C12H21N3O/c1-14-8-9-15(12(14)16)7-6-13-10-11-4-2-3-5-11/h8-9,11,13H,2-7,10H2,1H3. The maximum absolute atomic E-state index is 11.5. The van der Waals surface area contributed by atoms with Crippen LogP contribution in [0.15, 0.2) is 17.2 Å². The molecule has 2 rings (SSSR count). The van der Waals surface area contributed by atoms with Crippen molar-refractivity contribution in [3.05, 3.63) is 22.9 Å². The molecule has 0 aromatic carbocycles. The fourth-order valence-electron chi connectivity index (χ4n) is 2.40. The molecule has 4 heteroatoms. The minimum absolute atomic E-state index is 0.0719. The van der Waals surface area contributed by atoms with Crippen LogP contribution in [0.4, 0.5) is 0 Å². The highest BCUT2D eigenvalue weighted by Gasteiger charge is 2.13. The van der Waals surface area contributed by atoms with Gasteiger partial charge in [0, 0.05) is 32.5 Å². The van der Waals surface area contributed by atoms with E-state index in [0.29, 0.717) is 0 Å². The van der Waals surface area contributed by atoms with Crippen LogP contribution in [0, 0.1) is 5.92 Å². The third kappa shape index (κ3) is 2.76. The quantitative estimate of drug-likeness (QED) is 0.755. The second-order valence-corrected chi connectivity index (χ2v) is 4.74. The zero-order valence-corrected chi connectivity index (χ0v) is 9.98. The van der Waals surface area contributed by atoms with E-state index in [0.717, 1.165) is 25.6 Å². The SMILES string of the molecule is Cn1ccn(CCNCC2CCCC2)c1=O. The Hall–Kier alpha value is -1.03. The number of aryl methyl sites for hydroxylation is 1. The Kier molecular flexibility index (Phi) is 3.83. The fraction of sp³-hybridized carbons (Fsp3) is 0.750. The van der Waals surface area contributed by atoms with E-state index >= 15 is 0 Å². The number of aromatic nitrogens is 2. The summed E-state index contributed by atoms with van der Waals surface area (Å²) < 4.78 is 3.36. The van der Waals surface area contributed by atoms with Crippen molar-refractivity contribution in [3.63, 3.8) is 0 Å². The summed E-state index contributed by atoms with van der Waals surface area (Å²) in [6.07, 6.45) is 9.18. The van der Waals surface area contributed by atoms with Crippen LogP contribution in [0.2, 0.25) is 0 Å². The van der Waals surface area contributed by atoms with Gasteiger partial charge in [-0.2, -0.15) is 0 Å². The van der Waals surface area contributed by atoms with Crippen molar-refractivity contribution in [2.45, 2.75) is 32.2 Å². The lowest BCUT2D eigenvalue weighted by Gasteiger charge is -2.10. The van der Waals surface area contributed by atoms with Crippen molar-refractivity contribution < 1.29 is 0 Å². The molecule has 0 bridgehead atoms. The average Bonchev–Trinajstić information content (AvgIpc) is 2.88. The lowest BCUT2D eigenvalue weighted by Crippen LogP contribution is -2.29. The number of nitrogens with zero attached hydrogens (tertiary/aromatic N) is 2. The van der Waals surface area contributed by atoms with Crippen molar-refractivity contribution in [3.8, 4) is 0 Å². The van der Waals surface area contributed by atoms with Crippen molar-refractivity contribution in [2.75, 3.05) is 13.1 Å². The molecular formula is C12H21N3O. The van der Waals surface area contributed by atoms with Gasteiger partial charge in [0.1, 0.15) is 0 Å². The molecule has 1 fully saturated rings. The first-order chi connectivity index (χ1) is 7.77. The molecule has 1 saturated carbocycles. The Labute approximate surface area is 96.3 Å². The van der Waals surface area contributed by atoms with E-state index in [9.17, 15) is 4.79 Å². The van der Waals surface area contributed by atoms with E-state index in [1.165, 1.54) is 25.7 Å². The topological polar surface area (TPSA) is 39.0 Å². The largest absolute Gasteiger partial charge is 0.327 e. The van der Waals surface area contributed by atoms with E-state index in [1.807, 2.05) is 6.20 Å². The highest BCUT2D eigenvalue weighted by Crippen LogP contribution is 2.23. The van der Waals surface area contributed by atoms with Gasteiger partial charge in [0.2, 0.25) is 0 Å². The van der Waals surface area contributed by atoms with Crippen LogP contribution < -0.4 is 11.0 Å². The van der Waals surface area contributed by atoms with Gasteiger partial charge in [-0.3, -0.25) is 4.57 Å². The van der Waals surface area contributed by atoms with Gasteiger partial charge >= 0.3 is 5.69 Å². The highest BCUT2D eigenvalue weighted by atomic mass is 16.1. The minimum Gasteiger partial charge on any atom is -0.315 e. The summed E-state index contributed by atoms with van der Waals surface area (Å²) in [6, 6.07) is 0. The second-order valence-electron chi connectivity index (χ2n) is 4.74. The Balaban J connectivity index is 1.68. The first-order valence-corrected chi connectivity index (χ1v) is 6.20. The van der Waals surface area contributed by atoms with Gasteiger partial charge in [-0.1, -0.05) is 12.8 Å². The molecule has 1 aromatic heterocycles. The predicted molar refractivity (Wildman–Crippen MR) is 64.5 cm³/mol. The summed E-state index contributed by atoms with van der Waals surface area (Å²) in [5, 5.41) is 3.44. The Morgan fingerprint density at radius 3 is 2.75 bits per heavy atom. The zero-order chi connectivity index (χ0) is 11.4. The summed E-state index contributed by atoms with van der Waals surface area (Å²) >= 11 is 0. The number of nitrogens with one attached hydrogen (secondary N) is 1. The number of rotatable bonds is 5. The maximum Gasteiger partial charge on any atom is 0.327 e. The molecule has 1 N–H and O–H groups in total. The van der Waals surface area contributed by atoms with Gasteiger partial charge in [0.15, 0.2) is 0 Å². The van der Waals surface area contributed by atoms with Gasteiger partial charge in [-0.15, -0.1) is 0 Å². The molecule has 0 atom stereocenters. The second kappa shape index (κ2) is 5.34. The Bertz CT molecular complexity index is 374. The summed E-state index contributed by atoms with van der Waals surface area (Å²) in [4.78, 5) is 11.5. The lowest BCUT2D eigenvalue weighted by molar-refractivity contribution is 0.473. The third-order valence-electron chi connectivity index (χ3n) is 3.45. The lowest BCUT2D eigenvalue weighted by atomic mass is 10.1. The molecule has 0 aliphatic heterocycles. The van der Waals surface area contributed by atoms with E-state index < -0.39 is 0 Å². The van der Waals surface area contributed by atoms with E-state index in [4.69, 9.17) is 0 Å². The minimum atomic E-state index is 0.0719. The Morgan fingerprint density at radius 1 is 1.38 bits per heavy atom. The predicted octanol–water partition coefficient (Wildman–Crippen LogP) is 0.967. The average molecular weight is 223 g/mol. The van der Waals surface area contributed by atoms with Crippen LogP contribution in [0.5, 0.6) is 0 Å². The molecule has 0 unspecified atom stereocenters. The summed E-state index contributed by atoms with van der Waals surface area (Å²) in [5.74, 6) is 0.868. The van der Waals surface area contributed by atoms with Crippen molar-refractivity contribution >= 4 is 0 Å². The van der Waals surface area contributed by atoms with Crippen molar-refractivity contribution in [2.24, 2.45) is 13.0 Å². The molecule has 0 amide bonds. The molecule has 0 radical (unpaired) electrons. The molecule has 1 aromatic rings. The monoisotopic (exact) mass is 223 g/mol. The first-order valence-electron chi connectivity index (χ1n) is 6.20. The van der Waals surface area contributed by atoms with Gasteiger partial charge in [-0.05, 0) is 25.3 Å². The van der Waals surface area contributed by atoms with Crippen LogP contribution in [0.1, 0.15) is 25.7 Å². The summed E-state index contributed by atoms with van der Waals surface area (Å²) in [6.45, 7) is 2.77. The molecule has 0 saturated heterocycles. The van der Waals surface area contributed by atoms with Crippen LogP contribution in [-0.2, 0) is 13.6 Å². The summed E-state index contributed by atoms with van der Waals surface area (Å²) in [7, 11) is 1.78. The molecule has 1 heterocycles. The molecule has 1 aliphatic carbocycles. The molecule has 4 nitrogen and oxygen atoms in total. The molecule has 0 spiro atoms. The molecule has 90 valence electrons. The number of imidazole rings is 1. The third-order valence-corrected chi connectivity index (χ3v) is 3.45. The van der Waals surface area contributed by atoms with Gasteiger partial charge in [0.25, 0.3) is 0 Å². The number of hydrogen-bond acceptors (Lipinski definition) is 2. The fourth-order valence-corrected chi connectivity index (χ4v) is 2.40. The van der Waals surface area contributed by atoms with Gasteiger partial charge < -0.3 is 9.88 Å². The van der Waals surface area contributed by atoms with E-state index in [2.05, 4.69) is 5.32 Å². The first kappa shape index (κ1) is 11.5. The summed E-state index contributed by atoms with van der Waals surface area (Å²) in [5.41, 5.74) is 0.0719. The number of hydrogen-bond donors (Lipinski definition) is 1. The highest BCUT2D eigenvalue weighted by molar-refractivity contribution is 4.80. The van der Waals surface area contributed by atoms with Gasteiger partial charge in [0.05, 0.1) is 0 Å². The van der Waals surface area contributed by atoms with E-state index in [1.54, 1.807) is 22.4 Å².